The molecule has 4 heterocycles. The van der Waals surface area contributed by atoms with Crippen LogP contribution in [0, 0.1) is 5.82 Å². The van der Waals surface area contributed by atoms with Crippen molar-refractivity contribution in [3.63, 3.8) is 0 Å². The third-order valence-corrected chi connectivity index (χ3v) is 6.88. The summed E-state index contributed by atoms with van der Waals surface area (Å²) < 4.78 is 61.1. The quantitative estimate of drug-likeness (QED) is 0.474. The number of hydrogen-bond acceptors (Lipinski definition) is 7. The molecule has 0 amide bonds. The molecule has 3 N–H and O–H groups in total. The van der Waals surface area contributed by atoms with Crippen molar-refractivity contribution in [2.24, 2.45) is 5.73 Å². The Morgan fingerprint density at radius 1 is 1.17 bits per heavy atom. The Morgan fingerprint density at radius 3 is 2.61 bits per heavy atom. The maximum absolute atomic E-state index is 14.4. The van der Waals surface area contributed by atoms with E-state index in [2.05, 4.69) is 20.2 Å². The highest BCUT2D eigenvalue weighted by molar-refractivity contribution is 5.91. The zero-order chi connectivity index (χ0) is 25.4. The number of ether oxygens (including phenoxy) is 1. The van der Waals surface area contributed by atoms with Crippen LogP contribution in [0.5, 0.6) is 5.88 Å². The molecular weight excluding hydrogens is 478 g/mol. The highest BCUT2D eigenvalue weighted by Crippen LogP contribution is 2.38. The molecule has 3 aromatic rings. The van der Waals surface area contributed by atoms with Gasteiger partial charge in [-0.15, -0.1) is 0 Å². The molecule has 1 saturated carbocycles. The molecule has 0 spiro atoms. The van der Waals surface area contributed by atoms with Gasteiger partial charge in [0.15, 0.2) is 11.6 Å². The molecule has 194 valence electrons. The Balaban J connectivity index is 1.35. The predicted octanol–water partition coefficient (Wildman–Crippen LogP) is 4.52. The first kappa shape index (κ1) is 24.5. The number of aromatic nitrogens is 4. The molecule has 8 nitrogen and oxygen atoms in total. The Morgan fingerprint density at radius 2 is 1.94 bits per heavy atom. The SMILES string of the molecule is CCNc1cc2c(cn1)c(N1CC[C@H](N)C1)nn2C1CCC(Oc2nccc(C(F)(F)F)c2F)CC1. The summed E-state index contributed by atoms with van der Waals surface area (Å²) in [5.74, 6) is -0.449. The second kappa shape index (κ2) is 9.72. The van der Waals surface area contributed by atoms with Crippen molar-refractivity contribution in [2.75, 3.05) is 29.9 Å². The fourth-order valence-corrected chi connectivity index (χ4v) is 5.08. The number of anilines is 2. The maximum atomic E-state index is 14.4. The van der Waals surface area contributed by atoms with E-state index in [9.17, 15) is 17.6 Å². The fraction of sp³-hybridized carbons (Fsp3) is 0.542. The average Bonchev–Trinajstić information content (AvgIpc) is 3.44. The smallest absolute Gasteiger partial charge is 0.419 e. The summed E-state index contributed by atoms with van der Waals surface area (Å²) in [4.78, 5) is 10.4. The molecule has 2 aliphatic rings. The van der Waals surface area contributed by atoms with E-state index in [1.54, 1.807) is 0 Å². The molecule has 0 bridgehead atoms. The van der Waals surface area contributed by atoms with Gasteiger partial charge >= 0.3 is 6.18 Å². The largest absolute Gasteiger partial charge is 0.472 e. The second-order valence-electron chi connectivity index (χ2n) is 9.40. The summed E-state index contributed by atoms with van der Waals surface area (Å²) in [6, 6.07) is 2.78. The average molecular weight is 508 g/mol. The van der Waals surface area contributed by atoms with Crippen LogP contribution in [-0.4, -0.2) is 51.5 Å². The van der Waals surface area contributed by atoms with Gasteiger partial charge in [0.2, 0.25) is 0 Å². The van der Waals surface area contributed by atoms with Gasteiger partial charge in [0.05, 0.1) is 22.5 Å². The Hall–Kier alpha value is -3.15. The van der Waals surface area contributed by atoms with Crippen molar-refractivity contribution in [2.45, 2.75) is 63.4 Å². The molecule has 0 unspecified atom stereocenters. The van der Waals surface area contributed by atoms with Crippen LogP contribution in [0.15, 0.2) is 24.5 Å². The van der Waals surface area contributed by atoms with Gasteiger partial charge in [-0.05, 0) is 45.1 Å². The first-order chi connectivity index (χ1) is 17.2. The van der Waals surface area contributed by atoms with Crippen molar-refractivity contribution < 1.29 is 22.3 Å². The molecule has 1 atom stereocenters. The zero-order valence-electron chi connectivity index (χ0n) is 19.9. The van der Waals surface area contributed by atoms with Crippen molar-refractivity contribution in [1.82, 2.24) is 19.7 Å². The number of nitrogens with one attached hydrogen (secondary N) is 1. The summed E-state index contributed by atoms with van der Waals surface area (Å²) >= 11 is 0. The van der Waals surface area contributed by atoms with Crippen LogP contribution in [0.25, 0.3) is 10.9 Å². The van der Waals surface area contributed by atoms with Crippen LogP contribution in [0.4, 0.5) is 29.2 Å². The van der Waals surface area contributed by atoms with Gasteiger partial charge in [-0.1, -0.05) is 0 Å². The molecule has 1 saturated heterocycles. The predicted molar refractivity (Wildman–Crippen MR) is 128 cm³/mol. The molecule has 0 aromatic carbocycles. The van der Waals surface area contributed by atoms with Crippen LogP contribution in [0.1, 0.15) is 50.6 Å². The van der Waals surface area contributed by atoms with Gasteiger partial charge in [-0.2, -0.15) is 18.3 Å². The van der Waals surface area contributed by atoms with Crippen LogP contribution in [0.2, 0.25) is 0 Å². The van der Waals surface area contributed by atoms with Gasteiger partial charge in [0, 0.05) is 44.1 Å². The van der Waals surface area contributed by atoms with E-state index < -0.39 is 29.5 Å². The lowest BCUT2D eigenvalue weighted by atomic mass is 9.93. The summed E-state index contributed by atoms with van der Waals surface area (Å²) in [6.45, 7) is 4.31. The van der Waals surface area contributed by atoms with Crippen LogP contribution >= 0.6 is 0 Å². The van der Waals surface area contributed by atoms with E-state index in [1.807, 2.05) is 23.9 Å². The van der Waals surface area contributed by atoms with Gasteiger partial charge < -0.3 is 20.7 Å². The maximum Gasteiger partial charge on any atom is 0.419 e. The summed E-state index contributed by atoms with van der Waals surface area (Å²) in [5, 5.41) is 9.17. The number of nitrogens with zero attached hydrogens (tertiary/aromatic N) is 5. The molecule has 0 radical (unpaired) electrons. The van der Waals surface area contributed by atoms with E-state index in [0.29, 0.717) is 31.7 Å². The minimum atomic E-state index is -4.80. The molecule has 5 rings (SSSR count). The lowest BCUT2D eigenvalue weighted by Gasteiger charge is -2.29. The number of halogens is 4. The van der Waals surface area contributed by atoms with E-state index in [-0.39, 0.29) is 12.1 Å². The summed E-state index contributed by atoms with van der Waals surface area (Å²) in [5.41, 5.74) is 5.72. The van der Waals surface area contributed by atoms with Crippen LogP contribution in [0.3, 0.4) is 0 Å². The second-order valence-corrected chi connectivity index (χ2v) is 9.40. The van der Waals surface area contributed by atoms with Gasteiger partial charge in [0.25, 0.3) is 5.88 Å². The minimum Gasteiger partial charge on any atom is -0.472 e. The first-order valence-electron chi connectivity index (χ1n) is 12.3. The van der Waals surface area contributed by atoms with Crippen molar-refractivity contribution >= 4 is 22.5 Å². The van der Waals surface area contributed by atoms with E-state index in [4.69, 9.17) is 15.6 Å². The number of rotatable bonds is 6. The van der Waals surface area contributed by atoms with Crippen molar-refractivity contribution in [1.29, 1.82) is 0 Å². The highest BCUT2D eigenvalue weighted by Gasteiger charge is 2.37. The molecule has 1 aliphatic carbocycles. The van der Waals surface area contributed by atoms with Gasteiger partial charge in [-0.25, -0.2) is 14.4 Å². The Bertz CT molecular complexity index is 1220. The minimum absolute atomic E-state index is 0.0635. The number of nitrogens with two attached hydrogens (primary N) is 1. The number of hydrogen-bond donors (Lipinski definition) is 2. The van der Waals surface area contributed by atoms with Crippen LogP contribution < -0.4 is 20.7 Å². The van der Waals surface area contributed by atoms with E-state index in [0.717, 1.165) is 54.8 Å². The van der Waals surface area contributed by atoms with E-state index in [1.165, 1.54) is 0 Å². The topological polar surface area (TPSA) is 94.1 Å². The molecule has 1 aliphatic heterocycles. The number of alkyl halides is 3. The third kappa shape index (κ3) is 4.78. The van der Waals surface area contributed by atoms with Gasteiger partial charge in [0.1, 0.15) is 11.9 Å². The fourth-order valence-electron chi connectivity index (χ4n) is 5.08. The standard InChI is InChI=1S/C24H29F4N7O/c1-2-30-20-11-19-17(12-32-20)22(34-10-8-14(29)13-34)33-35(19)15-3-5-16(6-4-15)36-23-21(25)18(7-9-31-23)24(26,27)28/h7,9,11-12,14-16H,2-6,8,10,13,29H2,1H3,(H,30,32)/t14-,15?,16?/m0/s1. The number of fused-ring (bicyclic) bond motifs is 1. The molecular formula is C24H29F4N7O. The highest BCUT2D eigenvalue weighted by atomic mass is 19.4. The molecule has 3 aromatic heterocycles. The third-order valence-electron chi connectivity index (χ3n) is 6.88. The molecule has 12 heteroatoms. The lowest BCUT2D eigenvalue weighted by molar-refractivity contribution is -0.140. The normalized spacial score (nSPS) is 22.8. The number of pyridine rings is 2. The Labute approximate surface area is 205 Å². The Kier molecular flexibility index (Phi) is 6.62. The molecule has 36 heavy (non-hydrogen) atoms. The zero-order valence-corrected chi connectivity index (χ0v) is 19.9. The van der Waals surface area contributed by atoms with Crippen molar-refractivity contribution in [3.8, 4) is 5.88 Å². The summed E-state index contributed by atoms with van der Waals surface area (Å²) in [7, 11) is 0. The van der Waals surface area contributed by atoms with Crippen molar-refractivity contribution in [3.05, 3.63) is 35.9 Å². The van der Waals surface area contributed by atoms with Crippen LogP contribution in [-0.2, 0) is 6.18 Å². The van der Waals surface area contributed by atoms with Gasteiger partial charge in [-0.3, -0.25) is 4.68 Å². The molecule has 2 fully saturated rings. The van der Waals surface area contributed by atoms with E-state index >= 15 is 0 Å². The lowest BCUT2D eigenvalue weighted by Crippen LogP contribution is -2.28. The monoisotopic (exact) mass is 507 g/mol. The first-order valence-corrected chi connectivity index (χ1v) is 12.3. The summed E-state index contributed by atoms with van der Waals surface area (Å²) in [6.07, 6.45) is 0.873.